The molecule has 10 nitrogen and oxygen atoms in total. The third-order valence-corrected chi connectivity index (χ3v) is 4.30. The smallest absolute Gasteiger partial charge is 0.118 e. The van der Waals surface area contributed by atoms with Crippen LogP contribution in [0.15, 0.2) is 18.7 Å². The average Bonchev–Trinajstić information content (AvgIpc) is 3.16. The molecule has 0 aromatic carbocycles. The Kier molecular flexibility index (Phi) is 8.89. The van der Waals surface area contributed by atoms with Crippen molar-refractivity contribution in [1.29, 1.82) is 0 Å². The first-order chi connectivity index (χ1) is 11.8. The first-order valence-corrected chi connectivity index (χ1v) is 8.13. The van der Waals surface area contributed by atoms with Crippen LogP contribution < -0.4 is 5.32 Å². The second-order valence-electron chi connectivity index (χ2n) is 6.12. The molecular weight excluding hydrogens is 334 g/mol. The maximum absolute atomic E-state index is 9.93. The molecule has 1 aromatic rings. The molecule has 1 aromatic heterocycles. The molecular formula is C15H29N3O7. The summed E-state index contributed by atoms with van der Waals surface area (Å²) in [5.41, 5.74) is -1.94. The van der Waals surface area contributed by atoms with Gasteiger partial charge in [-0.3, -0.25) is 0 Å². The van der Waals surface area contributed by atoms with E-state index in [4.69, 9.17) is 15.3 Å². The highest BCUT2D eigenvalue weighted by molar-refractivity contribution is 5.05. The fourth-order valence-corrected chi connectivity index (χ4v) is 2.62. The molecule has 2 rings (SSSR count). The summed E-state index contributed by atoms with van der Waals surface area (Å²) in [5.74, 6) is 0. The summed E-state index contributed by atoms with van der Waals surface area (Å²) in [6, 6.07) is -1.60. The Hall–Kier alpha value is -1.11. The van der Waals surface area contributed by atoms with E-state index in [1.54, 1.807) is 12.5 Å². The van der Waals surface area contributed by atoms with Crippen LogP contribution in [0.5, 0.6) is 0 Å². The van der Waals surface area contributed by atoms with Gasteiger partial charge in [-0.25, -0.2) is 4.98 Å². The Morgan fingerprint density at radius 1 is 1.20 bits per heavy atom. The standard InChI is InChI=1S/C10H21NO7.C5H8N2/c12-2-5(3-13)11-6-1-10(18,4-14)9(17)8(16)7(6)15;1-2-7-4-3-6-5-7/h5-9,11-18H,1-4H2;3-5H,2H2,1H3/t6-,7-,8+,9-,10-;/m0./s1. The van der Waals surface area contributed by atoms with Crippen LogP contribution in [0.25, 0.3) is 0 Å². The van der Waals surface area contributed by atoms with Crippen molar-refractivity contribution in [3.05, 3.63) is 18.7 Å². The monoisotopic (exact) mass is 363 g/mol. The van der Waals surface area contributed by atoms with Gasteiger partial charge in [0.2, 0.25) is 0 Å². The van der Waals surface area contributed by atoms with Gasteiger partial charge in [-0.15, -0.1) is 0 Å². The molecule has 0 saturated heterocycles. The average molecular weight is 363 g/mol. The van der Waals surface area contributed by atoms with Gasteiger partial charge in [0.05, 0.1) is 38.3 Å². The Bertz CT molecular complexity index is 472. The summed E-state index contributed by atoms with van der Waals surface area (Å²) in [5, 5.41) is 68.4. The number of aliphatic hydroxyl groups is 7. The number of nitrogens with one attached hydrogen (secondary N) is 1. The van der Waals surface area contributed by atoms with Crippen molar-refractivity contribution < 1.29 is 35.7 Å². The summed E-state index contributed by atoms with van der Waals surface area (Å²) in [6.45, 7) is 1.53. The lowest BCUT2D eigenvalue weighted by Gasteiger charge is -2.46. The van der Waals surface area contributed by atoms with E-state index < -0.39 is 55.8 Å². The molecule has 0 unspecified atom stereocenters. The molecule has 1 aliphatic rings. The van der Waals surface area contributed by atoms with Gasteiger partial charge in [-0.05, 0) is 13.3 Å². The summed E-state index contributed by atoms with van der Waals surface area (Å²) in [7, 11) is 0. The number of rotatable bonds is 6. The molecule has 10 heteroatoms. The predicted octanol–water partition coefficient (Wildman–Crippen LogP) is -3.59. The van der Waals surface area contributed by atoms with Crippen molar-refractivity contribution in [2.75, 3.05) is 19.8 Å². The van der Waals surface area contributed by atoms with Gasteiger partial charge in [0.15, 0.2) is 0 Å². The maximum Gasteiger partial charge on any atom is 0.118 e. The Morgan fingerprint density at radius 2 is 1.84 bits per heavy atom. The minimum atomic E-state index is -1.94. The third-order valence-electron chi connectivity index (χ3n) is 4.30. The highest BCUT2D eigenvalue weighted by atomic mass is 16.4. The van der Waals surface area contributed by atoms with Crippen LogP contribution in [0, 0.1) is 0 Å². The Labute approximate surface area is 146 Å². The zero-order chi connectivity index (χ0) is 19.0. The molecule has 1 saturated carbocycles. The largest absolute Gasteiger partial charge is 0.395 e. The van der Waals surface area contributed by atoms with E-state index in [0.29, 0.717) is 0 Å². The first-order valence-electron chi connectivity index (χ1n) is 8.13. The van der Waals surface area contributed by atoms with Gasteiger partial charge in [-0.1, -0.05) is 0 Å². The first kappa shape index (κ1) is 21.9. The second-order valence-corrected chi connectivity index (χ2v) is 6.12. The van der Waals surface area contributed by atoms with Crippen molar-refractivity contribution >= 4 is 0 Å². The fraction of sp³-hybridized carbons (Fsp3) is 0.800. The fourth-order valence-electron chi connectivity index (χ4n) is 2.62. The number of aliphatic hydroxyl groups excluding tert-OH is 6. The highest BCUT2D eigenvalue weighted by Crippen LogP contribution is 2.29. The van der Waals surface area contributed by atoms with Crippen molar-refractivity contribution in [3.8, 4) is 0 Å². The molecule has 0 bridgehead atoms. The molecule has 146 valence electrons. The van der Waals surface area contributed by atoms with Gasteiger partial charge in [0.25, 0.3) is 0 Å². The normalized spacial score (nSPS) is 32.4. The summed E-state index contributed by atoms with van der Waals surface area (Å²) >= 11 is 0. The van der Waals surface area contributed by atoms with Crippen LogP contribution in [0.2, 0.25) is 0 Å². The minimum absolute atomic E-state index is 0.223. The van der Waals surface area contributed by atoms with Gasteiger partial charge in [0.1, 0.15) is 17.8 Å². The third kappa shape index (κ3) is 5.69. The lowest BCUT2D eigenvalue weighted by Crippen LogP contribution is -2.68. The molecule has 25 heavy (non-hydrogen) atoms. The molecule has 1 aliphatic carbocycles. The molecule has 0 spiro atoms. The number of hydrogen-bond acceptors (Lipinski definition) is 9. The number of imidazole rings is 1. The van der Waals surface area contributed by atoms with Crippen molar-refractivity contribution in [1.82, 2.24) is 14.9 Å². The lowest BCUT2D eigenvalue weighted by atomic mass is 9.76. The summed E-state index contributed by atoms with van der Waals surface area (Å²) in [6.07, 6.45) is 0.624. The van der Waals surface area contributed by atoms with E-state index in [0.717, 1.165) is 6.54 Å². The zero-order valence-corrected chi connectivity index (χ0v) is 14.2. The number of nitrogens with zero attached hydrogens (tertiary/aromatic N) is 2. The predicted molar refractivity (Wildman–Crippen MR) is 87.5 cm³/mol. The molecule has 1 heterocycles. The van der Waals surface area contributed by atoms with Crippen LogP contribution in [0.1, 0.15) is 13.3 Å². The minimum Gasteiger partial charge on any atom is -0.395 e. The topological polar surface area (TPSA) is 171 Å². The van der Waals surface area contributed by atoms with E-state index in [1.807, 2.05) is 10.8 Å². The van der Waals surface area contributed by atoms with E-state index in [9.17, 15) is 20.4 Å². The quantitative estimate of drug-likeness (QED) is 0.254. The lowest BCUT2D eigenvalue weighted by molar-refractivity contribution is -0.207. The van der Waals surface area contributed by atoms with Crippen molar-refractivity contribution in [2.24, 2.45) is 0 Å². The molecule has 0 aliphatic heterocycles. The van der Waals surface area contributed by atoms with Crippen molar-refractivity contribution in [3.63, 3.8) is 0 Å². The van der Waals surface area contributed by atoms with E-state index in [2.05, 4.69) is 17.2 Å². The van der Waals surface area contributed by atoms with Gasteiger partial charge in [0, 0.05) is 25.0 Å². The molecule has 5 atom stereocenters. The number of aryl methyl sites for hydroxylation is 1. The Morgan fingerprint density at radius 3 is 2.24 bits per heavy atom. The van der Waals surface area contributed by atoms with Crippen LogP contribution in [0.4, 0.5) is 0 Å². The summed E-state index contributed by atoms with van der Waals surface area (Å²) < 4.78 is 2.01. The SMILES string of the molecule is CCn1ccnc1.OCC(CO)N[C@H]1C[C@](O)(CO)[C@@H](O)[C@H](O)[C@H]1O. The van der Waals surface area contributed by atoms with Crippen LogP contribution in [-0.2, 0) is 6.54 Å². The molecule has 0 radical (unpaired) electrons. The van der Waals surface area contributed by atoms with E-state index in [1.165, 1.54) is 0 Å². The summed E-state index contributed by atoms with van der Waals surface area (Å²) in [4.78, 5) is 3.86. The zero-order valence-electron chi connectivity index (χ0n) is 14.2. The molecule has 0 amide bonds. The van der Waals surface area contributed by atoms with Crippen LogP contribution in [-0.4, -0.2) is 101 Å². The maximum atomic E-state index is 9.93. The second kappa shape index (κ2) is 10.1. The molecule has 8 N–H and O–H groups in total. The van der Waals surface area contributed by atoms with E-state index in [-0.39, 0.29) is 6.42 Å². The molecule has 1 fully saturated rings. The van der Waals surface area contributed by atoms with Crippen LogP contribution in [0.3, 0.4) is 0 Å². The van der Waals surface area contributed by atoms with Gasteiger partial charge < -0.3 is 45.6 Å². The van der Waals surface area contributed by atoms with Gasteiger partial charge >= 0.3 is 0 Å². The van der Waals surface area contributed by atoms with Gasteiger partial charge in [-0.2, -0.15) is 0 Å². The highest BCUT2D eigenvalue weighted by Gasteiger charge is 2.51. The van der Waals surface area contributed by atoms with Crippen molar-refractivity contribution in [2.45, 2.75) is 55.9 Å². The number of aromatic nitrogens is 2. The van der Waals surface area contributed by atoms with Crippen LogP contribution >= 0.6 is 0 Å². The number of hydrogen-bond donors (Lipinski definition) is 8. The Balaban J connectivity index is 0.000000370. The van der Waals surface area contributed by atoms with E-state index >= 15 is 0 Å².